The fraction of sp³-hybridized carbons (Fsp3) is 0.625. The molecule has 0 spiro atoms. The highest BCUT2D eigenvalue weighted by molar-refractivity contribution is 7.89. The first-order valence-corrected chi connectivity index (χ1v) is 9.33. The van der Waals surface area contributed by atoms with Crippen molar-refractivity contribution < 1.29 is 8.42 Å². The summed E-state index contributed by atoms with van der Waals surface area (Å²) in [5, 5.41) is 3.24. The molecule has 116 valence electrons. The molecular weight excluding hydrogens is 284 g/mol. The first-order chi connectivity index (χ1) is 9.95. The van der Waals surface area contributed by atoms with E-state index in [4.69, 9.17) is 0 Å². The molecule has 1 heterocycles. The van der Waals surface area contributed by atoms with Crippen LogP contribution in [0.4, 0.5) is 5.69 Å². The fourth-order valence-electron chi connectivity index (χ4n) is 3.38. The zero-order chi connectivity index (χ0) is 15.0. The third-order valence-corrected chi connectivity index (χ3v) is 6.54. The minimum atomic E-state index is -3.41. The van der Waals surface area contributed by atoms with Crippen molar-refractivity contribution in [3.63, 3.8) is 0 Å². The van der Waals surface area contributed by atoms with E-state index in [0.717, 1.165) is 37.9 Å². The lowest BCUT2D eigenvalue weighted by Gasteiger charge is -2.32. The number of hydrogen-bond acceptors (Lipinski definition) is 3. The van der Waals surface area contributed by atoms with Crippen molar-refractivity contribution in [2.24, 2.45) is 11.8 Å². The molecule has 0 bridgehead atoms. The standard InChI is InChI=1S/C16H24N2O2S/c1-11-3-5-14(9-12(11)2)18-21(19,20)15-6-4-13-7-8-17-16(13)10-15/h4,6,10-12,14,17-18H,3,5,7-9H2,1-2H3. The average Bonchev–Trinajstić information content (AvgIpc) is 2.90. The molecule has 0 amide bonds. The van der Waals surface area contributed by atoms with Crippen LogP contribution < -0.4 is 10.0 Å². The van der Waals surface area contributed by atoms with E-state index in [1.165, 1.54) is 5.56 Å². The maximum absolute atomic E-state index is 12.5. The SMILES string of the molecule is CC1CCC(NS(=O)(=O)c2ccc3c(c2)NCC3)CC1C. The molecule has 1 aliphatic heterocycles. The Bertz CT molecular complexity index is 627. The molecule has 0 saturated heterocycles. The highest BCUT2D eigenvalue weighted by atomic mass is 32.2. The number of benzene rings is 1. The van der Waals surface area contributed by atoms with Crippen LogP contribution in [0.1, 0.15) is 38.7 Å². The van der Waals surface area contributed by atoms with Crippen molar-refractivity contribution in [2.75, 3.05) is 11.9 Å². The monoisotopic (exact) mass is 308 g/mol. The van der Waals surface area contributed by atoms with Gasteiger partial charge in [-0.2, -0.15) is 0 Å². The summed E-state index contributed by atoms with van der Waals surface area (Å²) in [5.74, 6) is 1.27. The lowest BCUT2D eigenvalue weighted by molar-refractivity contribution is 0.242. The van der Waals surface area contributed by atoms with Gasteiger partial charge in [0, 0.05) is 18.3 Å². The largest absolute Gasteiger partial charge is 0.384 e. The molecule has 4 nitrogen and oxygen atoms in total. The van der Waals surface area contributed by atoms with E-state index in [9.17, 15) is 8.42 Å². The van der Waals surface area contributed by atoms with Crippen LogP contribution in [0.2, 0.25) is 0 Å². The van der Waals surface area contributed by atoms with Crippen molar-refractivity contribution in [1.82, 2.24) is 4.72 Å². The van der Waals surface area contributed by atoms with Crippen LogP contribution in [-0.4, -0.2) is 21.0 Å². The van der Waals surface area contributed by atoms with Gasteiger partial charge in [-0.25, -0.2) is 13.1 Å². The number of rotatable bonds is 3. The van der Waals surface area contributed by atoms with Crippen LogP contribution in [0.3, 0.4) is 0 Å². The van der Waals surface area contributed by atoms with Crippen LogP contribution in [0, 0.1) is 11.8 Å². The zero-order valence-electron chi connectivity index (χ0n) is 12.7. The van der Waals surface area contributed by atoms with Crippen LogP contribution >= 0.6 is 0 Å². The first-order valence-electron chi connectivity index (χ1n) is 7.85. The number of fused-ring (bicyclic) bond motifs is 1. The van der Waals surface area contributed by atoms with Gasteiger partial charge in [-0.15, -0.1) is 0 Å². The van der Waals surface area contributed by atoms with Gasteiger partial charge in [0.05, 0.1) is 4.90 Å². The average molecular weight is 308 g/mol. The summed E-state index contributed by atoms with van der Waals surface area (Å²) < 4.78 is 28.0. The van der Waals surface area contributed by atoms with Gasteiger partial charge in [0.2, 0.25) is 10.0 Å². The Morgan fingerprint density at radius 3 is 2.76 bits per heavy atom. The lowest BCUT2D eigenvalue weighted by Crippen LogP contribution is -2.39. The van der Waals surface area contributed by atoms with Crippen LogP contribution in [0.5, 0.6) is 0 Å². The molecule has 3 atom stereocenters. The Morgan fingerprint density at radius 1 is 1.19 bits per heavy atom. The molecule has 3 unspecified atom stereocenters. The zero-order valence-corrected chi connectivity index (χ0v) is 13.5. The molecule has 21 heavy (non-hydrogen) atoms. The van der Waals surface area contributed by atoms with Gasteiger partial charge < -0.3 is 5.32 Å². The number of sulfonamides is 1. The topological polar surface area (TPSA) is 58.2 Å². The summed E-state index contributed by atoms with van der Waals surface area (Å²) in [6, 6.07) is 5.49. The molecular formula is C16H24N2O2S. The summed E-state index contributed by atoms with van der Waals surface area (Å²) in [5.41, 5.74) is 2.16. The molecule has 3 rings (SSSR count). The summed E-state index contributed by atoms with van der Waals surface area (Å²) in [7, 11) is -3.41. The van der Waals surface area contributed by atoms with Crippen molar-refractivity contribution in [2.45, 2.75) is 50.5 Å². The van der Waals surface area contributed by atoms with Crippen LogP contribution in [0.25, 0.3) is 0 Å². The molecule has 5 heteroatoms. The summed E-state index contributed by atoms with van der Waals surface area (Å²) in [6.07, 6.45) is 3.94. The van der Waals surface area contributed by atoms with E-state index in [1.54, 1.807) is 12.1 Å². The molecule has 2 N–H and O–H groups in total. The van der Waals surface area contributed by atoms with Gasteiger partial charge in [0.25, 0.3) is 0 Å². The predicted octanol–water partition coefficient (Wildman–Crippen LogP) is 2.76. The van der Waals surface area contributed by atoms with Crippen molar-refractivity contribution >= 4 is 15.7 Å². The van der Waals surface area contributed by atoms with E-state index in [2.05, 4.69) is 23.9 Å². The normalized spacial score (nSPS) is 29.0. The number of hydrogen-bond donors (Lipinski definition) is 2. The Kier molecular flexibility index (Phi) is 3.97. The van der Waals surface area contributed by atoms with Gasteiger partial charge in [-0.1, -0.05) is 19.9 Å². The summed E-state index contributed by atoms with van der Waals surface area (Å²) in [4.78, 5) is 0.377. The predicted molar refractivity (Wildman–Crippen MR) is 84.9 cm³/mol. The lowest BCUT2D eigenvalue weighted by atomic mass is 9.79. The van der Waals surface area contributed by atoms with Gasteiger partial charge >= 0.3 is 0 Å². The smallest absolute Gasteiger partial charge is 0.240 e. The molecule has 0 radical (unpaired) electrons. The first kappa shape index (κ1) is 14.9. The molecule has 1 aromatic carbocycles. The fourth-order valence-corrected chi connectivity index (χ4v) is 4.69. The van der Waals surface area contributed by atoms with Gasteiger partial charge in [0.1, 0.15) is 0 Å². The Balaban J connectivity index is 1.75. The third kappa shape index (κ3) is 3.09. The molecule has 2 aliphatic rings. The maximum atomic E-state index is 12.5. The Hall–Kier alpha value is -1.07. The van der Waals surface area contributed by atoms with E-state index >= 15 is 0 Å². The Morgan fingerprint density at radius 2 is 2.00 bits per heavy atom. The minimum Gasteiger partial charge on any atom is -0.384 e. The van der Waals surface area contributed by atoms with E-state index in [1.807, 2.05) is 6.07 Å². The molecule has 1 aliphatic carbocycles. The van der Waals surface area contributed by atoms with Crippen LogP contribution in [0.15, 0.2) is 23.1 Å². The number of nitrogens with one attached hydrogen (secondary N) is 2. The maximum Gasteiger partial charge on any atom is 0.240 e. The van der Waals surface area contributed by atoms with Gasteiger partial charge in [-0.3, -0.25) is 0 Å². The molecule has 0 aromatic heterocycles. The molecule has 1 aromatic rings. The highest BCUT2D eigenvalue weighted by Gasteiger charge is 2.28. The van der Waals surface area contributed by atoms with Crippen molar-refractivity contribution in [1.29, 1.82) is 0 Å². The quantitative estimate of drug-likeness (QED) is 0.902. The summed E-state index contributed by atoms with van der Waals surface area (Å²) >= 11 is 0. The van der Waals surface area contributed by atoms with Crippen LogP contribution in [-0.2, 0) is 16.4 Å². The van der Waals surface area contributed by atoms with Crippen molar-refractivity contribution in [3.8, 4) is 0 Å². The summed E-state index contributed by atoms with van der Waals surface area (Å²) in [6.45, 7) is 5.36. The second-order valence-corrected chi connectivity index (χ2v) is 8.30. The van der Waals surface area contributed by atoms with Gasteiger partial charge in [-0.05, 0) is 55.2 Å². The van der Waals surface area contributed by atoms with E-state index < -0.39 is 10.0 Å². The molecule has 1 fully saturated rings. The molecule has 1 saturated carbocycles. The second-order valence-electron chi connectivity index (χ2n) is 6.58. The highest BCUT2D eigenvalue weighted by Crippen LogP contribution is 2.31. The second kappa shape index (κ2) is 5.61. The van der Waals surface area contributed by atoms with Gasteiger partial charge in [0.15, 0.2) is 0 Å². The number of anilines is 1. The minimum absolute atomic E-state index is 0.0717. The third-order valence-electron chi connectivity index (χ3n) is 5.02. The van der Waals surface area contributed by atoms with E-state index in [0.29, 0.717) is 16.7 Å². The van der Waals surface area contributed by atoms with Crippen molar-refractivity contribution in [3.05, 3.63) is 23.8 Å². The Labute approximate surface area is 127 Å². The van der Waals surface area contributed by atoms with E-state index in [-0.39, 0.29) is 6.04 Å².